The normalized spacial score (nSPS) is 20.1. The molecule has 0 saturated carbocycles. The summed E-state index contributed by atoms with van der Waals surface area (Å²) in [6, 6.07) is 5.64. The van der Waals surface area contributed by atoms with Crippen molar-refractivity contribution < 1.29 is 18.8 Å². The average Bonchev–Trinajstić information content (AvgIpc) is 2.77. The van der Waals surface area contributed by atoms with Gasteiger partial charge < -0.3 is 20.9 Å². The van der Waals surface area contributed by atoms with Crippen LogP contribution in [0, 0.1) is 17.7 Å². The van der Waals surface area contributed by atoms with Gasteiger partial charge in [0.15, 0.2) is 0 Å². The van der Waals surface area contributed by atoms with Crippen molar-refractivity contribution >= 4 is 17.8 Å². The molecule has 0 aliphatic carbocycles. The molecular weight excluding hydrogens is 387 g/mol. The molecule has 1 atom stereocenters. The number of halogens is 1. The van der Waals surface area contributed by atoms with E-state index in [-0.39, 0.29) is 23.5 Å². The molecule has 8 heteroatoms. The summed E-state index contributed by atoms with van der Waals surface area (Å²) in [4.78, 5) is 39.7. The van der Waals surface area contributed by atoms with Crippen LogP contribution < -0.4 is 11.1 Å². The number of rotatable bonds is 6. The molecule has 2 saturated heterocycles. The lowest BCUT2D eigenvalue weighted by Gasteiger charge is -2.37. The first-order valence-electron chi connectivity index (χ1n) is 10.8. The van der Waals surface area contributed by atoms with E-state index in [4.69, 9.17) is 5.73 Å². The fraction of sp³-hybridized carbons (Fsp3) is 0.591. The van der Waals surface area contributed by atoms with Gasteiger partial charge in [-0.25, -0.2) is 9.18 Å². The lowest BCUT2D eigenvalue weighted by atomic mass is 9.90. The summed E-state index contributed by atoms with van der Waals surface area (Å²) in [6.45, 7) is 2.85. The molecule has 3 N–H and O–H groups in total. The second kappa shape index (κ2) is 10.4. The topological polar surface area (TPSA) is 95.7 Å². The zero-order valence-corrected chi connectivity index (χ0v) is 17.3. The predicted molar refractivity (Wildman–Crippen MR) is 111 cm³/mol. The Morgan fingerprint density at radius 3 is 2.40 bits per heavy atom. The van der Waals surface area contributed by atoms with E-state index in [0.29, 0.717) is 45.1 Å². The van der Waals surface area contributed by atoms with Crippen LogP contribution >= 0.6 is 0 Å². The van der Waals surface area contributed by atoms with Gasteiger partial charge in [0.25, 0.3) is 0 Å². The number of nitrogens with zero attached hydrogens (tertiary/aromatic N) is 2. The minimum Gasteiger partial charge on any atom is -0.352 e. The Kier molecular flexibility index (Phi) is 7.65. The van der Waals surface area contributed by atoms with Crippen LogP contribution in [0.1, 0.15) is 44.1 Å². The van der Waals surface area contributed by atoms with Crippen molar-refractivity contribution in [1.82, 2.24) is 15.1 Å². The Morgan fingerprint density at radius 2 is 1.73 bits per heavy atom. The molecule has 4 amide bonds. The fourth-order valence-electron chi connectivity index (χ4n) is 4.31. The van der Waals surface area contributed by atoms with Gasteiger partial charge in [0.1, 0.15) is 5.82 Å². The number of likely N-dealkylation sites (tertiary alicyclic amines) is 2. The molecule has 0 unspecified atom stereocenters. The minimum absolute atomic E-state index is 0.00780. The van der Waals surface area contributed by atoms with Crippen molar-refractivity contribution in [2.24, 2.45) is 17.6 Å². The van der Waals surface area contributed by atoms with E-state index in [2.05, 4.69) is 5.32 Å². The highest BCUT2D eigenvalue weighted by Gasteiger charge is 2.32. The van der Waals surface area contributed by atoms with E-state index in [0.717, 1.165) is 37.7 Å². The van der Waals surface area contributed by atoms with Crippen molar-refractivity contribution in [3.63, 3.8) is 0 Å². The number of hydrogen-bond acceptors (Lipinski definition) is 3. The number of nitrogens with one attached hydrogen (secondary N) is 1. The Labute approximate surface area is 176 Å². The third-order valence-corrected chi connectivity index (χ3v) is 6.19. The zero-order chi connectivity index (χ0) is 21.5. The molecule has 0 aromatic heterocycles. The lowest BCUT2D eigenvalue weighted by molar-refractivity contribution is -0.138. The zero-order valence-electron chi connectivity index (χ0n) is 17.3. The van der Waals surface area contributed by atoms with Crippen molar-refractivity contribution in [2.75, 3.05) is 26.2 Å². The van der Waals surface area contributed by atoms with Gasteiger partial charge in [-0.2, -0.15) is 0 Å². The number of nitrogens with two attached hydrogens (primary N) is 1. The molecule has 30 heavy (non-hydrogen) atoms. The molecule has 3 rings (SSSR count). The number of carbonyl (C=O) groups is 3. The summed E-state index contributed by atoms with van der Waals surface area (Å²) < 4.78 is 12.9. The standard InChI is InChI=1S/C22H31FN4O3/c23-19-6-3-17(4-7-19)14-25-20(28)8-5-16-9-12-26(13-10-16)21(29)18-2-1-11-27(15-18)22(24)30/h3-4,6-7,16,18H,1-2,5,8-15H2,(H2,24,30)(H,25,28)/t18-/m0/s1. The summed E-state index contributed by atoms with van der Waals surface area (Å²) in [5.74, 6) is 0.103. The van der Waals surface area contributed by atoms with Gasteiger partial charge in [0, 0.05) is 39.1 Å². The summed E-state index contributed by atoms with van der Waals surface area (Å²) in [5, 5.41) is 2.87. The molecule has 0 spiro atoms. The Hall–Kier alpha value is -2.64. The lowest BCUT2D eigenvalue weighted by Crippen LogP contribution is -2.49. The molecule has 2 aliphatic rings. The van der Waals surface area contributed by atoms with Gasteiger partial charge in [0.2, 0.25) is 11.8 Å². The molecular formula is C22H31FN4O3. The van der Waals surface area contributed by atoms with Crippen LogP contribution in [0.3, 0.4) is 0 Å². The Bertz CT molecular complexity index is 747. The largest absolute Gasteiger partial charge is 0.352 e. The number of primary amides is 1. The quantitative estimate of drug-likeness (QED) is 0.742. The molecule has 2 aliphatic heterocycles. The van der Waals surface area contributed by atoms with E-state index in [1.165, 1.54) is 12.1 Å². The van der Waals surface area contributed by atoms with E-state index in [9.17, 15) is 18.8 Å². The highest BCUT2D eigenvalue weighted by atomic mass is 19.1. The van der Waals surface area contributed by atoms with Crippen LogP contribution in [-0.2, 0) is 16.1 Å². The third-order valence-electron chi connectivity index (χ3n) is 6.19. The highest BCUT2D eigenvalue weighted by molar-refractivity contribution is 5.80. The van der Waals surface area contributed by atoms with Gasteiger partial charge in [-0.1, -0.05) is 12.1 Å². The van der Waals surface area contributed by atoms with Crippen LogP contribution in [0.15, 0.2) is 24.3 Å². The number of hydrogen-bond donors (Lipinski definition) is 2. The predicted octanol–water partition coefficient (Wildman–Crippen LogP) is 2.25. The monoisotopic (exact) mass is 418 g/mol. The van der Waals surface area contributed by atoms with Gasteiger partial charge in [-0.05, 0) is 55.7 Å². The number of carbonyl (C=O) groups excluding carboxylic acids is 3. The molecule has 7 nitrogen and oxygen atoms in total. The van der Waals surface area contributed by atoms with Gasteiger partial charge in [-0.15, -0.1) is 0 Å². The first-order chi connectivity index (χ1) is 14.4. The molecule has 2 fully saturated rings. The van der Waals surface area contributed by atoms with Crippen LogP contribution in [0.2, 0.25) is 0 Å². The van der Waals surface area contributed by atoms with E-state index in [1.54, 1.807) is 17.0 Å². The van der Waals surface area contributed by atoms with E-state index < -0.39 is 6.03 Å². The Balaban J connectivity index is 1.35. The first kappa shape index (κ1) is 22.1. The van der Waals surface area contributed by atoms with Gasteiger partial charge in [-0.3, -0.25) is 9.59 Å². The molecule has 2 heterocycles. The van der Waals surface area contributed by atoms with Gasteiger partial charge >= 0.3 is 6.03 Å². The molecule has 1 aromatic carbocycles. The van der Waals surface area contributed by atoms with Crippen molar-refractivity contribution in [3.8, 4) is 0 Å². The SMILES string of the molecule is NC(=O)N1CCC[C@H](C(=O)N2CCC(CCC(=O)NCc3ccc(F)cc3)CC2)C1. The summed E-state index contributed by atoms with van der Waals surface area (Å²) in [6.07, 6.45) is 4.65. The molecule has 164 valence electrons. The summed E-state index contributed by atoms with van der Waals surface area (Å²) >= 11 is 0. The van der Waals surface area contributed by atoms with Crippen molar-refractivity contribution in [2.45, 2.75) is 45.1 Å². The molecule has 0 radical (unpaired) electrons. The molecule has 1 aromatic rings. The van der Waals surface area contributed by atoms with Gasteiger partial charge in [0.05, 0.1) is 5.92 Å². The number of urea groups is 1. The smallest absolute Gasteiger partial charge is 0.314 e. The van der Waals surface area contributed by atoms with Crippen LogP contribution in [0.25, 0.3) is 0 Å². The second-order valence-electron chi connectivity index (χ2n) is 8.33. The maximum absolute atomic E-state index is 12.9. The highest BCUT2D eigenvalue weighted by Crippen LogP contribution is 2.25. The van der Waals surface area contributed by atoms with Crippen LogP contribution in [-0.4, -0.2) is 53.8 Å². The van der Waals surface area contributed by atoms with Crippen molar-refractivity contribution in [3.05, 3.63) is 35.6 Å². The number of benzene rings is 1. The maximum atomic E-state index is 12.9. The van der Waals surface area contributed by atoms with Crippen LogP contribution in [0.5, 0.6) is 0 Å². The summed E-state index contributed by atoms with van der Waals surface area (Å²) in [5.41, 5.74) is 6.23. The second-order valence-corrected chi connectivity index (χ2v) is 8.33. The Morgan fingerprint density at radius 1 is 1.03 bits per heavy atom. The minimum atomic E-state index is -0.455. The number of piperidine rings is 2. The van der Waals surface area contributed by atoms with Crippen LogP contribution in [0.4, 0.5) is 9.18 Å². The van der Waals surface area contributed by atoms with E-state index >= 15 is 0 Å². The average molecular weight is 419 g/mol. The number of amides is 4. The first-order valence-corrected chi connectivity index (χ1v) is 10.8. The molecule has 0 bridgehead atoms. The summed E-state index contributed by atoms with van der Waals surface area (Å²) in [7, 11) is 0. The fourth-order valence-corrected chi connectivity index (χ4v) is 4.31. The third kappa shape index (κ3) is 6.18. The maximum Gasteiger partial charge on any atom is 0.314 e. The van der Waals surface area contributed by atoms with E-state index in [1.807, 2.05) is 4.90 Å². The van der Waals surface area contributed by atoms with Crippen molar-refractivity contribution in [1.29, 1.82) is 0 Å².